The number of rotatable bonds is 6. The van der Waals surface area contributed by atoms with E-state index in [1.165, 1.54) is 13.3 Å². The van der Waals surface area contributed by atoms with Gasteiger partial charge in [-0.25, -0.2) is 4.79 Å². The minimum atomic E-state index is -4.53. The molecular formula is C18H21F3N4O4S. The Morgan fingerprint density at radius 1 is 1.27 bits per heavy atom. The lowest BCUT2D eigenvalue weighted by atomic mass is 10.1. The van der Waals surface area contributed by atoms with Crippen LogP contribution in [0.2, 0.25) is 0 Å². The minimum absolute atomic E-state index is 0.0415. The predicted molar refractivity (Wildman–Crippen MR) is 103 cm³/mol. The Labute approximate surface area is 174 Å². The molecule has 2 aromatic heterocycles. The Morgan fingerprint density at radius 3 is 2.50 bits per heavy atom. The summed E-state index contributed by atoms with van der Waals surface area (Å²) in [5.41, 5.74) is -0.164. The van der Waals surface area contributed by atoms with Crippen molar-refractivity contribution in [2.45, 2.75) is 33.5 Å². The van der Waals surface area contributed by atoms with Gasteiger partial charge in [0.15, 0.2) is 5.69 Å². The van der Waals surface area contributed by atoms with Gasteiger partial charge >= 0.3 is 24.0 Å². The largest absolute Gasteiger partial charge is 0.465 e. The SMILES string of the molecule is COC(=O)c1c(NC(=O)C(=O)NCC(C)Cn2ccc(C(F)(F)F)n2)sc(C)c1C. The third-order valence-corrected chi connectivity index (χ3v) is 5.37. The molecule has 1 unspecified atom stereocenters. The van der Waals surface area contributed by atoms with Gasteiger partial charge in [-0.1, -0.05) is 6.92 Å². The molecule has 2 rings (SSSR count). The maximum atomic E-state index is 12.6. The molecule has 0 saturated carbocycles. The number of aromatic nitrogens is 2. The van der Waals surface area contributed by atoms with Crippen molar-refractivity contribution in [3.05, 3.63) is 34.0 Å². The maximum absolute atomic E-state index is 12.6. The summed E-state index contributed by atoms with van der Waals surface area (Å²) in [7, 11) is 1.21. The van der Waals surface area contributed by atoms with Crippen molar-refractivity contribution in [2.75, 3.05) is 19.0 Å². The first kappa shape index (κ1) is 23.4. The number of hydrogen-bond acceptors (Lipinski definition) is 6. The molecule has 8 nitrogen and oxygen atoms in total. The van der Waals surface area contributed by atoms with E-state index < -0.39 is 29.7 Å². The van der Waals surface area contributed by atoms with Gasteiger partial charge in [0.2, 0.25) is 0 Å². The van der Waals surface area contributed by atoms with Crippen LogP contribution in [-0.4, -0.2) is 41.2 Å². The lowest BCUT2D eigenvalue weighted by Gasteiger charge is -2.13. The number of carbonyl (C=O) groups excluding carboxylic acids is 3. The lowest BCUT2D eigenvalue weighted by Crippen LogP contribution is -2.38. The quantitative estimate of drug-likeness (QED) is 0.525. The van der Waals surface area contributed by atoms with E-state index in [4.69, 9.17) is 4.74 Å². The number of hydrogen-bond donors (Lipinski definition) is 2. The van der Waals surface area contributed by atoms with Gasteiger partial charge in [0.25, 0.3) is 0 Å². The summed E-state index contributed by atoms with van der Waals surface area (Å²) < 4.78 is 43.6. The fourth-order valence-electron chi connectivity index (χ4n) is 2.57. The topological polar surface area (TPSA) is 102 Å². The van der Waals surface area contributed by atoms with Crippen molar-refractivity contribution in [1.29, 1.82) is 0 Å². The standard InChI is InChI=1S/C18H21F3N4O4S/c1-9(8-25-6-5-12(24-25)18(19,20)21)7-22-14(26)15(27)23-16-13(17(28)29-4)10(2)11(3)30-16/h5-6,9H,7-8H2,1-4H3,(H,22,26)(H,23,27). The van der Waals surface area contributed by atoms with Crippen molar-refractivity contribution in [3.8, 4) is 0 Å². The Balaban J connectivity index is 1.92. The van der Waals surface area contributed by atoms with Gasteiger partial charge in [-0.15, -0.1) is 11.3 Å². The van der Waals surface area contributed by atoms with Gasteiger partial charge in [0.05, 0.1) is 12.7 Å². The van der Waals surface area contributed by atoms with E-state index in [0.717, 1.165) is 27.0 Å². The van der Waals surface area contributed by atoms with E-state index in [1.54, 1.807) is 20.8 Å². The first-order chi connectivity index (χ1) is 13.9. The fraction of sp³-hybridized carbons (Fsp3) is 0.444. The predicted octanol–water partition coefficient (Wildman–Crippen LogP) is 2.76. The number of alkyl halides is 3. The number of methoxy groups -OCH3 is 1. The van der Waals surface area contributed by atoms with E-state index in [-0.39, 0.29) is 29.6 Å². The van der Waals surface area contributed by atoms with Gasteiger partial charge in [-0.2, -0.15) is 18.3 Å². The third kappa shape index (κ3) is 5.59. The molecule has 0 saturated heterocycles. The number of aryl methyl sites for hydroxylation is 1. The molecule has 2 heterocycles. The first-order valence-electron chi connectivity index (χ1n) is 8.82. The smallest absolute Gasteiger partial charge is 0.435 e. The second kappa shape index (κ2) is 9.28. The van der Waals surface area contributed by atoms with Crippen LogP contribution in [0.3, 0.4) is 0 Å². The normalized spacial score (nSPS) is 12.4. The Kier molecular flexibility index (Phi) is 7.24. The molecule has 0 aliphatic rings. The van der Waals surface area contributed by atoms with Gasteiger partial charge in [0.1, 0.15) is 5.00 Å². The van der Waals surface area contributed by atoms with Gasteiger partial charge in [-0.3, -0.25) is 14.3 Å². The summed E-state index contributed by atoms with van der Waals surface area (Å²) in [6.07, 6.45) is -3.33. The molecule has 12 heteroatoms. The molecular weight excluding hydrogens is 425 g/mol. The zero-order chi connectivity index (χ0) is 22.6. The van der Waals surface area contributed by atoms with E-state index >= 15 is 0 Å². The van der Waals surface area contributed by atoms with Crippen LogP contribution in [0.4, 0.5) is 18.2 Å². The highest BCUT2D eigenvalue weighted by atomic mass is 32.1. The molecule has 0 fully saturated rings. The van der Waals surface area contributed by atoms with Crippen molar-refractivity contribution < 1.29 is 32.3 Å². The molecule has 1 atom stereocenters. The molecule has 0 aliphatic carbocycles. The molecule has 0 spiro atoms. The van der Waals surface area contributed by atoms with Crippen molar-refractivity contribution in [3.63, 3.8) is 0 Å². The van der Waals surface area contributed by atoms with Crippen LogP contribution in [-0.2, 0) is 27.0 Å². The van der Waals surface area contributed by atoms with Crippen LogP contribution >= 0.6 is 11.3 Å². The molecule has 0 bridgehead atoms. The van der Waals surface area contributed by atoms with E-state index in [9.17, 15) is 27.6 Å². The lowest BCUT2D eigenvalue weighted by molar-refractivity contribution is -0.141. The number of halogens is 3. The number of nitrogens with one attached hydrogen (secondary N) is 2. The van der Waals surface area contributed by atoms with Crippen molar-refractivity contribution >= 4 is 34.1 Å². The number of anilines is 1. The average molecular weight is 446 g/mol. The number of amides is 2. The molecule has 0 aromatic carbocycles. The number of esters is 1. The highest BCUT2D eigenvalue weighted by molar-refractivity contribution is 7.17. The molecule has 2 aromatic rings. The first-order valence-corrected chi connectivity index (χ1v) is 9.63. The Morgan fingerprint density at radius 2 is 1.93 bits per heavy atom. The van der Waals surface area contributed by atoms with Crippen molar-refractivity contribution in [2.24, 2.45) is 5.92 Å². The number of thiophene rings is 1. The fourth-order valence-corrected chi connectivity index (χ4v) is 3.61. The molecule has 0 aliphatic heterocycles. The minimum Gasteiger partial charge on any atom is -0.465 e. The zero-order valence-electron chi connectivity index (χ0n) is 16.7. The summed E-state index contributed by atoms with van der Waals surface area (Å²) >= 11 is 1.14. The zero-order valence-corrected chi connectivity index (χ0v) is 17.5. The number of nitrogens with zero attached hydrogens (tertiary/aromatic N) is 2. The van der Waals surface area contributed by atoms with Crippen LogP contribution in [0, 0.1) is 19.8 Å². The Bertz CT molecular complexity index is 952. The monoisotopic (exact) mass is 446 g/mol. The van der Waals surface area contributed by atoms with E-state index in [0.29, 0.717) is 5.56 Å². The average Bonchev–Trinajstić information content (AvgIpc) is 3.24. The highest BCUT2D eigenvalue weighted by Crippen LogP contribution is 2.33. The van der Waals surface area contributed by atoms with Gasteiger partial charge in [0, 0.05) is 24.2 Å². The van der Waals surface area contributed by atoms with Crippen LogP contribution < -0.4 is 10.6 Å². The summed E-state index contributed by atoms with van der Waals surface area (Å²) in [6.45, 7) is 5.32. The third-order valence-electron chi connectivity index (χ3n) is 4.25. The summed E-state index contributed by atoms with van der Waals surface area (Å²) in [5, 5.41) is 8.47. The van der Waals surface area contributed by atoms with Crippen LogP contribution in [0.15, 0.2) is 12.3 Å². The van der Waals surface area contributed by atoms with Crippen LogP contribution in [0.1, 0.15) is 33.4 Å². The van der Waals surface area contributed by atoms with Gasteiger partial charge < -0.3 is 15.4 Å². The molecule has 2 N–H and O–H groups in total. The van der Waals surface area contributed by atoms with E-state index in [1.807, 2.05) is 0 Å². The second-order valence-corrected chi connectivity index (χ2v) is 7.89. The second-order valence-electron chi connectivity index (χ2n) is 6.67. The van der Waals surface area contributed by atoms with Crippen molar-refractivity contribution in [1.82, 2.24) is 15.1 Å². The maximum Gasteiger partial charge on any atom is 0.435 e. The van der Waals surface area contributed by atoms with E-state index in [2.05, 4.69) is 15.7 Å². The summed E-state index contributed by atoms with van der Waals surface area (Å²) in [6, 6.07) is 0.864. The number of ether oxygens (including phenoxy) is 1. The summed E-state index contributed by atoms with van der Waals surface area (Å²) in [5.74, 6) is -2.82. The molecule has 0 radical (unpaired) electrons. The number of carbonyl (C=O) groups is 3. The Hall–Kier alpha value is -2.89. The summed E-state index contributed by atoms with van der Waals surface area (Å²) in [4.78, 5) is 37.0. The van der Waals surface area contributed by atoms with Crippen LogP contribution in [0.5, 0.6) is 0 Å². The molecule has 164 valence electrons. The van der Waals surface area contributed by atoms with Gasteiger partial charge in [-0.05, 0) is 31.4 Å². The van der Waals surface area contributed by atoms with Crippen LogP contribution in [0.25, 0.3) is 0 Å². The molecule has 30 heavy (non-hydrogen) atoms. The highest BCUT2D eigenvalue weighted by Gasteiger charge is 2.33. The molecule has 2 amide bonds.